The zero-order valence-electron chi connectivity index (χ0n) is 8.40. The van der Waals surface area contributed by atoms with E-state index in [2.05, 4.69) is 16.9 Å². The second kappa shape index (κ2) is 4.00. The lowest BCUT2D eigenvalue weighted by atomic mass is 10.2. The topological polar surface area (TPSA) is 50.9 Å². The first-order valence-electron chi connectivity index (χ1n) is 4.80. The molecule has 0 bridgehead atoms. The first kappa shape index (κ1) is 9.52. The Hall–Kier alpha value is -2.03. The Labute approximate surface area is 88.6 Å². The molecule has 0 fully saturated rings. The number of hydrogen-bond acceptors (Lipinski definition) is 3. The molecule has 0 saturated carbocycles. The molecular weight excluding hydrogens is 186 g/mol. The molecule has 0 saturated heterocycles. The monoisotopic (exact) mass is 199 g/mol. The van der Waals surface area contributed by atoms with Gasteiger partial charge in [0.25, 0.3) is 0 Å². The van der Waals surface area contributed by atoms with Crippen molar-refractivity contribution in [2.45, 2.75) is 0 Å². The summed E-state index contributed by atoms with van der Waals surface area (Å²) < 4.78 is 0. The molecule has 0 radical (unpaired) electrons. The van der Waals surface area contributed by atoms with Gasteiger partial charge in [-0.3, -0.25) is 0 Å². The second-order valence-electron chi connectivity index (χ2n) is 3.32. The van der Waals surface area contributed by atoms with E-state index < -0.39 is 0 Å². The molecule has 0 aliphatic carbocycles. The Morgan fingerprint density at radius 1 is 1.33 bits per heavy atom. The summed E-state index contributed by atoms with van der Waals surface area (Å²) in [5.41, 5.74) is 7.39. The van der Waals surface area contributed by atoms with E-state index in [-0.39, 0.29) is 0 Å². The first-order chi connectivity index (χ1) is 7.29. The van der Waals surface area contributed by atoms with Crippen LogP contribution in [0.1, 0.15) is 0 Å². The third-order valence-electron chi connectivity index (χ3n) is 2.14. The predicted molar refractivity (Wildman–Crippen MR) is 64.8 cm³/mol. The fourth-order valence-electron chi connectivity index (χ4n) is 1.42. The molecule has 1 aromatic carbocycles. The number of nitrogen functional groups attached to an aromatic ring is 1. The average molecular weight is 199 g/mol. The summed E-state index contributed by atoms with van der Waals surface area (Å²) in [5, 5.41) is 4.20. The number of nitrogens with two attached hydrogens (primary N) is 1. The molecule has 0 aliphatic rings. The van der Waals surface area contributed by atoms with E-state index >= 15 is 0 Å². The smallest absolute Gasteiger partial charge is 0.126 e. The number of nitrogens with zero attached hydrogens (tertiary/aromatic N) is 1. The van der Waals surface area contributed by atoms with Gasteiger partial charge in [0.15, 0.2) is 0 Å². The van der Waals surface area contributed by atoms with E-state index in [1.54, 1.807) is 6.08 Å². The van der Waals surface area contributed by atoms with Crippen LogP contribution >= 0.6 is 0 Å². The van der Waals surface area contributed by atoms with Crippen LogP contribution in [0.15, 0.2) is 43.0 Å². The second-order valence-corrected chi connectivity index (χ2v) is 3.32. The number of benzene rings is 1. The quantitative estimate of drug-likeness (QED) is 0.589. The normalized spacial score (nSPS) is 10.1. The molecule has 0 amide bonds. The Morgan fingerprint density at radius 3 is 3.00 bits per heavy atom. The number of nitrogens with one attached hydrogen (secondary N) is 1. The highest BCUT2D eigenvalue weighted by molar-refractivity contribution is 5.83. The number of pyridine rings is 1. The molecule has 3 nitrogen and oxygen atoms in total. The van der Waals surface area contributed by atoms with E-state index in [0.29, 0.717) is 6.54 Å². The zero-order chi connectivity index (χ0) is 10.7. The SMILES string of the molecule is C=CCNc1ccc2cc(N)ccc2n1. The van der Waals surface area contributed by atoms with Crippen molar-refractivity contribution in [3.8, 4) is 0 Å². The molecule has 0 atom stereocenters. The molecular formula is C12H13N3. The van der Waals surface area contributed by atoms with Crippen LogP contribution in [-0.2, 0) is 0 Å². The van der Waals surface area contributed by atoms with Gasteiger partial charge in [0.2, 0.25) is 0 Å². The number of fused-ring (bicyclic) bond motifs is 1. The van der Waals surface area contributed by atoms with E-state index in [1.165, 1.54) is 0 Å². The van der Waals surface area contributed by atoms with Crippen LogP contribution in [0.25, 0.3) is 10.9 Å². The Morgan fingerprint density at radius 2 is 2.20 bits per heavy atom. The minimum Gasteiger partial charge on any atom is -0.399 e. The summed E-state index contributed by atoms with van der Waals surface area (Å²) in [6.07, 6.45) is 1.80. The number of anilines is 2. The Kier molecular flexibility index (Phi) is 2.54. The van der Waals surface area contributed by atoms with Gasteiger partial charge in [0, 0.05) is 17.6 Å². The molecule has 15 heavy (non-hydrogen) atoms. The van der Waals surface area contributed by atoms with E-state index in [4.69, 9.17) is 5.73 Å². The molecule has 0 aliphatic heterocycles. The fraction of sp³-hybridized carbons (Fsp3) is 0.0833. The van der Waals surface area contributed by atoms with Crippen molar-refractivity contribution in [1.29, 1.82) is 0 Å². The van der Waals surface area contributed by atoms with E-state index in [1.807, 2.05) is 30.3 Å². The van der Waals surface area contributed by atoms with Crippen LogP contribution in [0.3, 0.4) is 0 Å². The van der Waals surface area contributed by atoms with Crippen molar-refractivity contribution in [2.75, 3.05) is 17.6 Å². The van der Waals surface area contributed by atoms with Crippen LogP contribution in [0, 0.1) is 0 Å². The standard InChI is InChI=1S/C12H13N3/c1-2-7-14-12-6-3-9-8-10(13)4-5-11(9)15-12/h2-6,8H,1,7,13H2,(H,14,15). The third kappa shape index (κ3) is 2.07. The molecule has 0 spiro atoms. The van der Waals surface area contributed by atoms with Crippen LogP contribution in [-0.4, -0.2) is 11.5 Å². The highest BCUT2D eigenvalue weighted by atomic mass is 15.0. The number of aromatic nitrogens is 1. The lowest BCUT2D eigenvalue weighted by Gasteiger charge is -2.04. The highest BCUT2D eigenvalue weighted by Gasteiger charge is 1.97. The first-order valence-corrected chi connectivity index (χ1v) is 4.80. The van der Waals surface area contributed by atoms with Gasteiger partial charge in [-0.05, 0) is 30.3 Å². The van der Waals surface area contributed by atoms with Crippen molar-refractivity contribution < 1.29 is 0 Å². The summed E-state index contributed by atoms with van der Waals surface area (Å²) in [5.74, 6) is 0.854. The van der Waals surface area contributed by atoms with Gasteiger partial charge in [0.05, 0.1) is 5.52 Å². The number of rotatable bonds is 3. The summed E-state index contributed by atoms with van der Waals surface area (Å²) in [4.78, 5) is 4.44. The molecule has 2 rings (SSSR count). The maximum atomic E-state index is 5.69. The maximum absolute atomic E-state index is 5.69. The van der Waals surface area contributed by atoms with Gasteiger partial charge < -0.3 is 11.1 Å². The van der Waals surface area contributed by atoms with Gasteiger partial charge >= 0.3 is 0 Å². The van der Waals surface area contributed by atoms with Crippen molar-refractivity contribution in [1.82, 2.24) is 4.98 Å². The Bertz CT molecular complexity index is 491. The van der Waals surface area contributed by atoms with Crippen molar-refractivity contribution in [3.63, 3.8) is 0 Å². The third-order valence-corrected chi connectivity index (χ3v) is 2.14. The molecule has 3 heteroatoms. The summed E-state index contributed by atoms with van der Waals surface area (Å²) in [6, 6.07) is 9.63. The lowest BCUT2D eigenvalue weighted by Crippen LogP contribution is -1.99. The minimum absolute atomic E-state index is 0.716. The zero-order valence-corrected chi connectivity index (χ0v) is 8.40. The van der Waals surface area contributed by atoms with Crippen molar-refractivity contribution >= 4 is 22.4 Å². The summed E-state index contributed by atoms with van der Waals surface area (Å²) in [6.45, 7) is 4.36. The molecule has 2 aromatic rings. The van der Waals surface area contributed by atoms with Crippen LogP contribution < -0.4 is 11.1 Å². The van der Waals surface area contributed by atoms with Gasteiger partial charge in [0.1, 0.15) is 5.82 Å². The highest BCUT2D eigenvalue weighted by Crippen LogP contribution is 2.17. The average Bonchev–Trinajstić information content (AvgIpc) is 2.26. The van der Waals surface area contributed by atoms with Gasteiger partial charge in [-0.25, -0.2) is 4.98 Å². The lowest BCUT2D eigenvalue weighted by molar-refractivity contribution is 1.26. The van der Waals surface area contributed by atoms with Crippen LogP contribution in [0.5, 0.6) is 0 Å². The van der Waals surface area contributed by atoms with Gasteiger partial charge in [-0.1, -0.05) is 6.08 Å². The van der Waals surface area contributed by atoms with Crippen LogP contribution in [0.4, 0.5) is 11.5 Å². The molecule has 1 heterocycles. The van der Waals surface area contributed by atoms with E-state index in [0.717, 1.165) is 22.4 Å². The van der Waals surface area contributed by atoms with E-state index in [9.17, 15) is 0 Å². The summed E-state index contributed by atoms with van der Waals surface area (Å²) in [7, 11) is 0. The molecule has 3 N–H and O–H groups in total. The molecule has 1 aromatic heterocycles. The molecule has 0 unspecified atom stereocenters. The Balaban J connectivity index is 2.38. The van der Waals surface area contributed by atoms with Crippen molar-refractivity contribution in [2.24, 2.45) is 0 Å². The number of hydrogen-bond donors (Lipinski definition) is 2. The predicted octanol–water partition coefficient (Wildman–Crippen LogP) is 2.41. The minimum atomic E-state index is 0.716. The van der Waals surface area contributed by atoms with Crippen molar-refractivity contribution in [3.05, 3.63) is 43.0 Å². The fourth-order valence-corrected chi connectivity index (χ4v) is 1.42. The largest absolute Gasteiger partial charge is 0.399 e. The maximum Gasteiger partial charge on any atom is 0.126 e. The molecule has 76 valence electrons. The van der Waals surface area contributed by atoms with Gasteiger partial charge in [-0.2, -0.15) is 0 Å². The van der Waals surface area contributed by atoms with Crippen LogP contribution in [0.2, 0.25) is 0 Å². The van der Waals surface area contributed by atoms with Gasteiger partial charge in [-0.15, -0.1) is 6.58 Å². The summed E-state index contributed by atoms with van der Waals surface area (Å²) >= 11 is 0.